The number of carbonyl (C=O) groups is 2. The molecule has 1 aliphatic heterocycles. The summed E-state index contributed by atoms with van der Waals surface area (Å²) in [6.45, 7) is 2.75. The van der Waals surface area contributed by atoms with Gasteiger partial charge < -0.3 is 20.8 Å². The first kappa shape index (κ1) is 13.9. The quantitative estimate of drug-likeness (QED) is 0.496. The molecular formula is C11H20N2O4. The van der Waals surface area contributed by atoms with Gasteiger partial charge in [0.15, 0.2) is 0 Å². The maximum Gasteiger partial charge on any atom is 0.328 e. The van der Waals surface area contributed by atoms with E-state index in [-0.39, 0.29) is 5.91 Å². The summed E-state index contributed by atoms with van der Waals surface area (Å²) in [7, 11) is 0. The molecule has 0 aliphatic carbocycles. The fraction of sp³-hybridized carbons (Fsp3) is 0.818. The summed E-state index contributed by atoms with van der Waals surface area (Å²) in [6, 6.07) is -1.21. The number of aliphatic carboxylic acids is 1. The van der Waals surface area contributed by atoms with E-state index in [0.29, 0.717) is 13.0 Å². The third kappa shape index (κ3) is 3.17. The molecule has 0 saturated carbocycles. The van der Waals surface area contributed by atoms with Crippen LogP contribution >= 0.6 is 0 Å². The van der Waals surface area contributed by atoms with Crippen molar-refractivity contribution in [1.29, 1.82) is 0 Å². The van der Waals surface area contributed by atoms with Crippen LogP contribution in [0.5, 0.6) is 0 Å². The van der Waals surface area contributed by atoms with Gasteiger partial charge in [-0.15, -0.1) is 0 Å². The number of rotatable bonds is 6. The zero-order valence-electron chi connectivity index (χ0n) is 10.0. The Balaban J connectivity index is 2.68. The van der Waals surface area contributed by atoms with Crippen molar-refractivity contribution >= 4 is 11.9 Å². The van der Waals surface area contributed by atoms with Crippen LogP contribution in [-0.4, -0.2) is 47.8 Å². The summed E-state index contributed by atoms with van der Waals surface area (Å²) in [5.41, 5.74) is -0.516. The molecule has 0 spiro atoms. The average Bonchev–Trinajstić information content (AvgIpc) is 2.75. The van der Waals surface area contributed by atoms with Crippen LogP contribution in [0, 0.1) is 5.41 Å². The van der Waals surface area contributed by atoms with Gasteiger partial charge in [0.05, 0.1) is 12.0 Å². The second-order valence-electron chi connectivity index (χ2n) is 4.50. The number of carboxylic acids is 1. The summed E-state index contributed by atoms with van der Waals surface area (Å²) < 4.78 is 0. The summed E-state index contributed by atoms with van der Waals surface area (Å²) in [5.74, 6) is -1.48. The third-order valence-electron chi connectivity index (χ3n) is 3.24. The van der Waals surface area contributed by atoms with Gasteiger partial charge in [0.2, 0.25) is 5.91 Å². The summed E-state index contributed by atoms with van der Waals surface area (Å²) >= 11 is 0. The summed E-state index contributed by atoms with van der Waals surface area (Å²) in [5, 5.41) is 23.2. The first-order valence-electron chi connectivity index (χ1n) is 5.91. The molecule has 1 rings (SSSR count). The van der Waals surface area contributed by atoms with Crippen LogP contribution in [0.25, 0.3) is 0 Å². The van der Waals surface area contributed by atoms with Gasteiger partial charge >= 0.3 is 5.97 Å². The molecule has 0 aromatic carbocycles. The van der Waals surface area contributed by atoms with Crippen molar-refractivity contribution in [3.8, 4) is 0 Å². The smallest absolute Gasteiger partial charge is 0.328 e. The lowest BCUT2D eigenvalue weighted by Gasteiger charge is -2.27. The van der Waals surface area contributed by atoms with E-state index in [9.17, 15) is 9.59 Å². The molecule has 98 valence electrons. The Bertz CT molecular complexity index is 287. The molecule has 6 nitrogen and oxygen atoms in total. The minimum atomic E-state index is -1.21. The van der Waals surface area contributed by atoms with E-state index in [1.165, 1.54) is 0 Å². The Hall–Kier alpha value is -1.14. The lowest BCUT2D eigenvalue weighted by molar-refractivity contribution is -0.145. The highest BCUT2D eigenvalue weighted by molar-refractivity contribution is 5.88. The van der Waals surface area contributed by atoms with E-state index in [1.807, 2.05) is 6.92 Å². The van der Waals surface area contributed by atoms with Gasteiger partial charge in [-0.2, -0.15) is 0 Å². The van der Waals surface area contributed by atoms with Crippen LogP contribution in [0.1, 0.15) is 26.2 Å². The molecule has 1 unspecified atom stereocenters. The van der Waals surface area contributed by atoms with Crippen molar-refractivity contribution in [2.24, 2.45) is 5.41 Å². The molecule has 1 fully saturated rings. The lowest BCUT2D eigenvalue weighted by atomic mass is 9.81. The molecule has 0 radical (unpaired) electrons. The molecule has 1 heterocycles. The standard InChI is InChI=1S/C11H20N2O4/c1-2-3-11(4-5-12-7-11)10(17)13-8(6-14)9(15)16/h8,12,14H,2-7H2,1H3,(H,13,17)(H,15,16)/t8-,11?/m1/s1. The summed E-state index contributed by atoms with van der Waals surface area (Å²) in [4.78, 5) is 22.9. The van der Waals surface area contributed by atoms with Crippen molar-refractivity contribution in [1.82, 2.24) is 10.6 Å². The monoisotopic (exact) mass is 244 g/mol. The fourth-order valence-corrected chi connectivity index (χ4v) is 2.24. The molecule has 0 aromatic heterocycles. The Morgan fingerprint density at radius 2 is 2.24 bits per heavy atom. The van der Waals surface area contributed by atoms with Gasteiger partial charge in [-0.1, -0.05) is 13.3 Å². The van der Waals surface area contributed by atoms with Crippen molar-refractivity contribution < 1.29 is 19.8 Å². The van der Waals surface area contributed by atoms with E-state index >= 15 is 0 Å². The topological polar surface area (TPSA) is 98.7 Å². The van der Waals surface area contributed by atoms with Crippen LogP contribution in [0.15, 0.2) is 0 Å². The maximum atomic E-state index is 12.1. The number of carboxylic acid groups (broad SMARTS) is 1. The van der Waals surface area contributed by atoms with E-state index in [2.05, 4.69) is 10.6 Å². The van der Waals surface area contributed by atoms with Gasteiger partial charge in [-0.3, -0.25) is 4.79 Å². The fourth-order valence-electron chi connectivity index (χ4n) is 2.24. The molecule has 1 amide bonds. The second-order valence-corrected chi connectivity index (χ2v) is 4.50. The van der Waals surface area contributed by atoms with Crippen LogP contribution < -0.4 is 10.6 Å². The largest absolute Gasteiger partial charge is 0.480 e. The molecule has 17 heavy (non-hydrogen) atoms. The Kier molecular flexibility index (Phi) is 4.89. The second kappa shape index (κ2) is 5.97. The Labute approximate surface area is 100 Å². The van der Waals surface area contributed by atoms with Crippen molar-refractivity contribution in [2.75, 3.05) is 19.7 Å². The van der Waals surface area contributed by atoms with Crippen LogP contribution in [0.4, 0.5) is 0 Å². The maximum absolute atomic E-state index is 12.1. The van der Waals surface area contributed by atoms with Crippen LogP contribution in [0.3, 0.4) is 0 Å². The van der Waals surface area contributed by atoms with Crippen molar-refractivity contribution in [2.45, 2.75) is 32.2 Å². The lowest BCUT2D eigenvalue weighted by Crippen LogP contribution is -2.50. The molecule has 6 heteroatoms. The van der Waals surface area contributed by atoms with Gasteiger partial charge in [0.25, 0.3) is 0 Å². The first-order valence-corrected chi connectivity index (χ1v) is 5.91. The zero-order chi connectivity index (χ0) is 12.9. The van der Waals surface area contributed by atoms with Crippen molar-refractivity contribution in [3.05, 3.63) is 0 Å². The van der Waals surface area contributed by atoms with Gasteiger partial charge in [0.1, 0.15) is 6.04 Å². The molecule has 1 saturated heterocycles. The van der Waals surface area contributed by atoms with E-state index in [1.54, 1.807) is 0 Å². The molecule has 4 N–H and O–H groups in total. The highest BCUT2D eigenvalue weighted by atomic mass is 16.4. The number of aliphatic hydroxyl groups is 1. The predicted molar refractivity (Wildman–Crippen MR) is 61.5 cm³/mol. The highest BCUT2D eigenvalue weighted by Gasteiger charge is 2.41. The first-order chi connectivity index (χ1) is 8.05. The minimum absolute atomic E-state index is 0.272. The molecule has 1 aliphatic rings. The molecular weight excluding hydrogens is 224 g/mol. The van der Waals surface area contributed by atoms with E-state index in [0.717, 1.165) is 19.4 Å². The number of nitrogens with one attached hydrogen (secondary N) is 2. The average molecular weight is 244 g/mol. The Morgan fingerprint density at radius 1 is 1.53 bits per heavy atom. The third-order valence-corrected chi connectivity index (χ3v) is 3.24. The zero-order valence-corrected chi connectivity index (χ0v) is 10.0. The number of hydrogen-bond acceptors (Lipinski definition) is 4. The Morgan fingerprint density at radius 3 is 2.65 bits per heavy atom. The molecule has 0 bridgehead atoms. The summed E-state index contributed by atoms with van der Waals surface area (Å²) in [6.07, 6.45) is 2.31. The van der Waals surface area contributed by atoms with Crippen molar-refractivity contribution in [3.63, 3.8) is 0 Å². The van der Waals surface area contributed by atoms with Crippen LogP contribution in [0.2, 0.25) is 0 Å². The molecule has 2 atom stereocenters. The van der Waals surface area contributed by atoms with Gasteiger partial charge in [-0.05, 0) is 19.4 Å². The van der Waals surface area contributed by atoms with Crippen LogP contribution in [-0.2, 0) is 9.59 Å². The highest BCUT2D eigenvalue weighted by Crippen LogP contribution is 2.31. The number of carbonyl (C=O) groups excluding carboxylic acids is 1. The number of aliphatic hydroxyl groups excluding tert-OH is 1. The normalized spacial score (nSPS) is 25.5. The minimum Gasteiger partial charge on any atom is -0.480 e. The number of amides is 1. The van der Waals surface area contributed by atoms with E-state index < -0.39 is 24.0 Å². The van der Waals surface area contributed by atoms with E-state index in [4.69, 9.17) is 10.2 Å². The SMILES string of the molecule is CCCC1(C(=O)N[C@H](CO)C(=O)O)CCNC1. The number of hydrogen-bond donors (Lipinski definition) is 4. The van der Waals surface area contributed by atoms with Gasteiger partial charge in [0, 0.05) is 6.54 Å². The molecule has 0 aromatic rings. The predicted octanol–water partition coefficient (Wildman–Crippen LogP) is -0.672. The van der Waals surface area contributed by atoms with Gasteiger partial charge in [-0.25, -0.2) is 4.79 Å².